The number of rotatable bonds is 3. The van der Waals surface area contributed by atoms with Crippen LogP contribution in [0.25, 0.3) is 0 Å². The van der Waals surface area contributed by atoms with E-state index >= 15 is 0 Å². The van der Waals surface area contributed by atoms with Crippen molar-refractivity contribution in [2.75, 3.05) is 26.2 Å². The van der Waals surface area contributed by atoms with Gasteiger partial charge in [-0.1, -0.05) is 0 Å². The lowest BCUT2D eigenvalue weighted by atomic mass is 10.2. The van der Waals surface area contributed by atoms with Gasteiger partial charge in [-0.15, -0.1) is 11.8 Å². The SMILES string of the molecule is CC#CCCN1CCNCC1C(=O)O. The van der Waals surface area contributed by atoms with Gasteiger partial charge in [0.1, 0.15) is 6.04 Å². The molecule has 1 fully saturated rings. The van der Waals surface area contributed by atoms with Crippen molar-refractivity contribution in [3.05, 3.63) is 0 Å². The van der Waals surface area contributed by atoms with E-state index in [1.807, 2.05) is 4.90 Å². The zero-order chi connectivity index (χ0) is 10.4. The number of hydrogen-bond donors (Lipinski definition) is 2. The summed E-state index contributed by atoms with van der Waals surface area (Å²) < 4.78 is 0. The Morgan fingerprint density at radius 3 is 3.14 bits per heavy atom. The number of nitrogens with one attached hydrogen (secondary N) is 1. The number of piperazine rings is 1. The Bertz CT molecular complexity index is 255. The van der Waals surface area contributed by atoms with Crippen LogP contribution in [0.4, 0.5) is 0 Å². The topological polar surface area (TPSA) is 52.6 Å². The zero-order valence-corrected chi connectivity index (χ0v) is 8.42. The van der Waals surface area contributed by atoms with E-state index in [1.54, 1.807) is 6.92 Å². The monoisotopic (exact) mass is 196 g/mol. The Balaban J connectivity index is 2.44. The molecule has 0 spiro atoms. The first kappa shape index (κ1) is 11.0. The molecule has 1 aliphatic heterocycles. The molecule has 0 aromatic carbocycles. The average molecular weight is 196 g/mol. The Morgan fingerprint density at radius 1 is 1.71 bits per heavy atom. The molecule has 0 amide bonds. The lowest BCUT2D eigenvalue weighted by Crippen LogP contribution is -2.54. The minimum Gasteiger partial charge on any atom is -0.480 e. The fourth-order valence-electron chi connectivity index (χ4n) is 1.58. The first-order valence-corrected chi connectivity index (χ1v) is 4.83. The Morgan fingerprint density at radius 2 is 2.50 bits per heavy atom. The van der Waals surface area contributed by atoms with Crippen LogP contribution in [-0.2, 0) is 4.79 Å². The van der Waals surface area contributed by atoms with Crippen molar-refractivity contribution in [3.63, 3.8) is 0 Å². The zero-order valence-electron chi connectivity index (χ0n) is 8.42. The Labute approximate surface area is 84.3 Å². The van der Waals surface area contributed by atoms with E-state index in [0.29, 0.717) is 6.54 Å². The lowest BCUT2D eigenvalue weighted by Gasteiger charge is -2.32. The molecule has 2 N–H and O–H groups in total. The third kappa shape index (κ3) is 3.02. The fourth-order valence-corrected chi connectivity index (χ4v) is 1.58. The summed E-state index contributed by atoms with van der Waals surface area (Å²) in [6, 6.07) is -0.387. The van der Waals surface area contributed by atoms with Crippen LogP contribution in [0.3, 0.4) is 0 Å². The second-order valence-corrected chi connectivity index (χ2v) is 3.27. The van der Waals surface area contributed by atoms with Gasteiger partial charge in [0.15, 0.2) is 0 Å². The molecule has 4 heteroatoms. The van der Waals surface area contributed by atoms with Gasteiger partial charge in [0, 0.05) is 32.6 Å². The van der Waals surface area contributed by atoms with Crippen molar-refractivity contribution in [1.82, 2.24) is 10.2 Å². The van der Waals surface area contributed by atoms with Gasteiger partial charge >= 0.3 is 5.97 Å². The highest BCUT2D eigenvalue weighted by atomic mass is 16.4. The van der Waals surface area contributed by atoms with Gasteiger partial charge in [-0.05, 0) is 6.92 Å². The van der Waals surface area contributed by atoms with Crippen molar-refractivity contribution in [3.8, 4) is 11.8 Å². The minimum absolute atomic E-state index is 0.387. The van der Waals surface area contributed by atoms with E-state index in [4.69, 9.17) is 5.11 Å². The molecule has 0 saturated carbocycles. The highest BCUT2D eigenvalue weighted by Crippen LogP contribution is 2.03. The predicted octanol–water partition coefficient (Wildman–Crippen LogP) is -0.242. The number of nitrogens with zero attached hydrogens (tertiary/aromatic N) is 1. The van der Waals surface area contributed by atoms with Gasteiger partial charge in [-0.3, -0.25) is 9.69 Å². The van der Waals surface area contributed by atoms with Crippen LogP contribution in [0.1, 0.15) is 13.3 Å². The molecular formula is C10H16N2O2. The second kappa shape index (κ2) is 5.63. The van der Waals surface area contributed by atoms with Crippen LogP contribution < -0.4 is 5.32 Å². The fraction of sp³-hybridized carbons (Fsp3) is 0.700. The van der Waals surface area contributed by atoms with Crippen molar-refractivity contribution in [1.29, 1.82) is 0 Å². The Kier molecular flexibility index (Phi) is 4.44. The molecule has 78 valence electrons. The maximum absolute atomic E-state index is 10.9. The molecular weight excluding hydrogens is 180 g/mol. The summed E-state index contributed by atoms with van der Waals surface area (Å²) in [5.41, 5.74) is 0. The van der Waals surface area contributed by atoms with Crippen LogP contribution in [-0.4, -0.2) is 48.2 Å². The van der Waals surface area contributed by atoms with Crippen LogP contribution in [0.5, 0.6) is 0 Å². The molecule has 0 aromatic rings. The van der Waals surface area contributed by atoms with Crippen LogP contribution >= 0.6 is 0 Å². The molecule has 0 radical (unpaired) electrons. The predicted molar refractivity (Wildman–Crippen MR) is 53.9 cm³/mol. The van der Waals surface area contributed by atoms with E-state index in [0.717, 1.165) is 26.1 Å². The molecule has 14 heavy (non-hydrogen) atoms. The number of carboxylic acids is 1. The highest BCUT2D eigenvalue weighted by Gasteiger charge is 2.27. The second-order valence-electron chi connectivity index (χ2n) is 3.27. The standard InChI is InChI=1S/C10H16N2O2/c1-2-3-4-6-12-7-5-11-8-9(12)10(13)14/h9,11H,4-8H2,1H3,(H,13,14). The summed E-state index contributed by atoms with van der Waals surface area (Å²) in [5.74, 6) is 5.01. The van der Waals surface area contributed by atoms with Gasteiger partial charge in [-0.25, -0.2) is 0 Å². The molecule has 0 bridgehead atoms. The summed E-state index contributed by atoms with van der Waals surface area (Å²) >= 11 is 0. The van der Waals surface area contributed by atoms with Gasteiger partial charge in [0.25, 0.3) is 0 Å². The third-order valence-electron chi connectivity index (χ3n) is 2.34. The van der Waals surface area contributed by atoms with Crippen LogP contribution in [0, 0.1) is 11.8 Å². The molecule has 0 aromatic heterocycles. The van der Waals surface area contributed by atoms with E-state index in [-0.39, 0.29) is 6.04 Å². The molecule has 0 aliphatic carbocycles. The normalized spacial score (nSPS) is 22.5. The number of carbonyl (C=O) groups is 1. The highest BCUT2D eigenvalue weighted by molar-refractivity contribution is 5.73. The van der Waals surface area contributed by atoms with Gasteiger partial charge in [0.05, 0.1) is 0 Å². The molecule has 4 nitrogen and oxygen atoms in total. The smallest absolute Gasteiger partial charge is 0.322 e. The maximum atomic E-state index is 10.9. The van der Waals surface area contributed by atoms with Crippen molar-refractivity contribution in [2.24, 2.45) is 0 Å². The maximum Gasteiger partial charge on any atom is 0.322 e. The van der Waals surface area contributed by atoms with Crippen molar-refractivity contribution in [2.45, 2.75) is 19.4 Å². The van der Waals surface area contributed by atoms with Gasteiger partial charge < -0.3 is 10.4 Å². The Hall–Kier alpha value is -1.05. The molecule has 1 aliphatic rings. The first-order chi connectivity index (χ1) is 6.75. The number of aliphatic carboxylic acids is 1. The molecule has 1 unspecified atom stereocenters. The molecule has 1 rings (SSSR count). The molecule has 1 saturated heterocycles. The summed E-state index contributed by atoms with van der Waals surface area (Å²) in [4.78, 5) is 12.9. The first-order valence-electron chi connectivity index (χ1n) is 4.83. The van der Waals surface area contributed by atoms with Crippen LogP contribution in [0.2, 0.25) is 0 Å². The van der Waals surface area contributed by atoms with Crippen molar-refractivity contribution >= 4 is 5.97 Å². The van der Waals surface area contributed by atoms with Crippen molar-refractivity contribution < 1.29 is 9.90 Å². The largest absolute Gasteiger partial charge is 0.480 e. The minimum atomic E-state index is -0.748. The van der Waals surface area contributed by atoms with E-state index in [1.165, 1.54) is 0 Å². The van der Waals surface area contributed by atoms with E-state index < -0.39 is 5.97 Å². The number of hydrogen-bond acceptors (Lipinski definition) is 3. The average Bonchev–Trinajstić information content (AvgIpc) is 2.19. The van der Waals surface area contributed by atoms with E-state index in [9.17, 15) is 4.79 Å². The third-order valence-corrected chi connectivity index (χ3v) is 2.34. The lowest BCUT2D eigenvalue weighted by molar-refractivity contribution is -0.143. The van der Waals surface area contributed by atoms with Gasteiger partial charge in [0.2, 0.25) is 0 Å². The van der Waals surface area contributed by atoms with E-state index in [2.05, 4.69) is 17.2 Å². The summed E-state index contributed by atoms with van der Waals surface area (Å²) in [6.07, 6.45) is 0.750. The number of carboxylic acid groups (broad SMARTS) is 1. The molecule has 1 heterocycles. The van der Waals surface area contributed by atoms with Gasteiger partial charge in [-0.2, -0.15) is 0 Å². The summed E-state index contributed by atoms with van der Waals surface area (Å²) in [6.45, 7) is 4.74. The van der Waals surface area contributed by atoms with Crippen LogP contribution in [0.15, 0.2) is 0 Å². The molecule has 1 atom stereocenters. The quantitative estimate of drug-likeness (QED) is 0.612. The summed E-state index contributed by atoms with van der Waals surface area (Å²) in [7, 11) is 0. The summed E-state index contributed by atoms with van der Waals surface area (Å²) in [5, 5.41) is 12.0.